The number of aromatic amines is 1. The van der Waals surface area contributed by atoms with Gasteiger partial charge in [0.05, 0.1) is 13.4 Å². The number of methoxy groups -OCH3 is 1. The second-order valence-corrected chi connectivity index (χ2v) is 4.58. The number of H-pyrrole nitrogens is 1. The maximum absolute atomic E-state index is 12.1. The molecule has 0 bridgehead atoms. The summed E-state index contributed by atoms with van der Waals surface area (Å²) in [7, 11) is 1.26. The van der Waals surface area contributed by atoms with Crippen LogP contribution >= 0.6 is 11.6 Å². The fourth-order valence-electron chi connectivity index (χ4n) is 1.74. The van der Waals surface area contributed by atoms with Gasteiger partial charge in [-0.3, -0.25) is 4.79 Å². The summed E-state index contributed by atoms with van der Waals surface area (Å²) in [5.74, 6) is -0.979. The number of amides is 1. The number of esters is 1. The number of carbonyl (C=O) groups is 2. The highest BCUT2D eigenvalue weighted by Crippen LogP contribution is 2.08. The van der Waals surface area contributed by atoms with Crippen molar-refractivity contribution < 1.29 is 14.3 Å². The van der Waals surface area contributed by atoms with Crippen molar-refractivity contribution in [1.29, 1.82) is 0 Å². The Morgan fingerprint density at radius 3 is 2.95 bits per heavy atom. The quantitative estimate of drug-likeness (QED) is 0.634. The molecule has 21 heavy (non-hydrogen) atoms. The van der Waals surface area contributed by atoms with Crippen molar-refractivity contribution in [2.75, 3.05) is 7.11 Å². The van der Waals surface area contributed by atoms with Crippen molar-refractivity contribution in [3.63, 3.8) is 0 Å². The normalized spacial score (nSPS) is 11.7. The molecule has 110 valence electrons. The maximum atomic E-state index is 12.1. The summed E-state index contributed by atoms with van der Waals surface area (Å²) in [6.07, 6.45) is 4.73. The third kappa shape index (κ3) is 4.03. The monoisotopic (exact) mass is 308 g/mol. The smallest absolute Gasteiger partial charge is 0.328 e. The van der Waals surface area contributed by atoms with Gasteiger partial charge in [0.1, 0.15) is 11.2 Å². The lowest BCUT2D eigenvalue weighted by Gasteiger charge is -2.15. The average molecular weight is 309 g/mol. The number of hydrogen-bond donors (Lipinski definition) is 2. The molecule has 2 N–H and O–H groups in total. The van der Waals surface area contributed by atoms with Gasteiger partial charge in [0, 0.05) is 30.1 Å². The van der Waals surface area contributed by atoms with Crippen LogP contribution in [0.3, 0.4) is 0 Å². The van der Waals surface area contributed by atoms with E-state index in [0.29, 0.717) is 11.3 Å². The standard InChI is InChI=1S/C13H13ClN4O3/c1-21-13(20)10(5-9-6-15-7-17-9)18-12(19)8-2-3-16-11(14)4-8/h2-4,6-7,10H,5H2,1H3,(H,15,17)(H,18,19)/t10-/m0/s1. The molecular weight excluding hydrogens is 296 g/mol. The first kappa shape index (κ1) is 15.0. The minimum atomic E-state index is -0.824. The van der Waals surface area contributed by atoms with Crippen LogP contribution in [0.4, 0.5) is 0 Å². The number of aromatic nitrogens is 3. The Morgan fingerprint density at radius 2 is 2.33 bits per heavy atom. The maximum Gasteiger partial charge on any atom is 0.328 e. The lowest BCUT2D eigenvalue weighted by Crippen LogP contribution is -2.43. The van der Waals surface area contributed by atoms with Gasteiger partial charge < -0.3 is 15.0 Å². The average Bonchev–Trinajstić information content (AvgIpc) is 2.98. The predicted octanol–water partition coefficient (Wildman–Crippen LogP) is 0.972. The largest absolute Gasteiger partial charge is 0.467 e. The van der Waals surface area contributed by atoms with Crippen LogP contribution in [0.5, 0.6) is 0 Å². The number of halogens is 1. The second-order valence-electron chi connectivity index (χ2n) is 4.20. The van der Waals surface area contributed by atoms with Crippen LogP contribution < -0.4 is 5.32 Å². The van der Waals surface area contributed by atoms with E-state index in [9.17, 15) is 9.59 Å². The lowest BCUT2D eigenvalue weighted by molar-refractivity contribution is -0.142. The molecule has 2 aromatic rings. The Balaban J connectivity index is 2.11. The number of ether oxygens (including phenoxy) is 1. The molecule has 0 aliphatic heterocycles. The summed E-state index contributed by atoms with van der Waals surface area (Å²) in [6, 6.07) is 2.10. The summed E-state index contributed by atoms with van der Waals surface area (Å²) < 4.78 is 4.70. The highest BCUT2D eigenvalue weighted by Gasteiger charge is 2.23. The number of nitrogens with zero attached hydrogens (tertiary/aromatic N) is 2. The fraction of sp³-hybridized carbons (Fsp3) is 0.231. The van der Waals surface area contributed by atoms with Gasteiger partial charge in [0.15, 0.2) is 0 Å². The minimum absolute atomic E-state index is 0.200. The predicted molar refractivity (Wildman–Crippen MR) is 74.8 cm³/mol. The molecule has 0 spiro atoms. The zero-order valence-electron chi connectivity index (χ0n) is 11.2. The molecule has 1 amide bonds. The van der Waals surface area contributed by atoms with E-state index in [-0.39, 0.29) is 11.6 Å². The Hall–Kier alpha value is -2.41. The SMILES string of the molecule is COC(=O)[C@H](Cc1cnc[nH]1)NC(=O)c1ccnc(Cl)c1. The van der Waals surface area contributed by atoms with Gasteiger partial charge in [-0.1, -0.05) is 11.6 Å². The van der Waals surface area contributed by atoms with Crippen LogP contribution in [0, 0.1) is 0 Å². The van der Waals surface area contributed by atoms with Crippen molar-refractivity contribution in [1.82, 2.24) is 20.3 Å². The number of carbonyl (C=O) groups excluding carboxylic acids is 2. The lowest BCUT2D eigenvalue weighted by atomic mass is 10.1. The summed E-state index contributed by atoms with van der Waals surface area (Å²) in [5.41, 5.74) is 1.02. The molecule has 0 fully saturated rings. The van der Waals surface area contributed by atoms with E-state index >= 15 is 0 Å². The van der Waals surface area contributed by atoms with Crippen LogP contribution in [0.25, 0.3) is 0 Å². The Morgan fingerprint density at radius 1 is 1.52 bits per heavy atom. The summed E-state index contributed by atoms with van der Waals surface area (Å²) in [5, 5.41) is 2.80. The molecule has 0 aromatic carbocycles. The Kier molecular flexibility index (Phi) is 4.89. The number of nitrogens with one attached hydrogen (secondary N) is 2. The minimum Gasteiger partial charge on any atom is -0.467 e. The first-order chi connectivity index (χ1) is 10.1. The molecule has 0 unspecified atom stereocenters. The first-order valence-electron chi connectivity index (χ1n) is 6.07. The highest BCUT2D eigenvalue weighted by atomic mass is 35.5. The number of hydrogen-bond acceptors (Lipinski definition) is 5. The third-order valence-electron chi connectivity index (χ3n) is 2.76. The van der Waals surface area contributed by atoms with Gasteiger partial charge in [-0.2, -0.15) is 0 Å². The number of rotatable bonds is 5. The summed E-state index contributed by atoms with van der Waals surface area (Å²) >= 11 is 5.73. The van der Waals surface area contributed by atoms with E-state index in [1.807, 2.05) is 0 Å². The molecule has 0 saturated carbocycles. The van der Waals surface area contributed by atoms with Gasteiger partial charge in [-0.05, 0) is 12.1 Å². The van der Waals surface area contributed by atoms with Crippen LogP contribution in [0.2, 0.25) is 5.15 Å². The Bertz CT molecular complexity index is 630. The molecule has 0 saturated heterocycles. The summed E-state index contributed by atoms with van der Waals surface area (Å²) in [6.45, 7) is 0. The zero-order valence-corrected chi connectivity index (χ0v) is 11.9. The van der Waals surface area contributed by atoms with Gasteiger partial charge >= 0.3 is 5.97 Å². The molecule has 0 aliphatic carbocycles. The Labute approximate surface area is 125 Å². The van der Waals surface area contributed by atoms with Gasteiger partial charge in [-0.25, -0.2) is 14.8 Å². The van der Waals surface area contributed by atoms with Crippen molar-refractivity contribution >= 4 is 23.5 Å². The topological polar surface area (TPSA) is 97.0 Å². The highest BCUT2D eigenvalue weighted by molar-refractivity contribution is 6.29. The van der Waals surface area contributed by atoms with Crippen molar-refractivity contribution in [2.45, 2.75) is 12.5 Å². The second kappa shape index (κ2) is 6.85. The first-order valence-corrected chi connectivity index (χ1v) is 6.45. The molecule has 2 aromatic heterocycles. The van der Waals surface area contributed by atoms with Crippen LogP contribution in [-0.4, -0.2) is 40.0 Å². The molecule has 8 heteroatoms. The van der Waals surface area contributed by atoms with Gasteiger partial charge in [0.2, 0.25) is 0 Å². The van der Waals surface area contributed by atoms with E-state index in [4.69, 9.17) is 16.3 Å². The number of pyridine rings is 1. The summed E-state index contributed by atoms with van der Waals surface area (Å²) in [4.78, 5) is 34.4. The van der Waals surface area contributed by atoms with E-state index in [1.54, 1.807) is 6.20 Å². The van der Waals surface area contributed by atoms with Gasteiger partial charge in [-0.15, -0.1) is 0 Å². The van der Waals surface area contributed by atoms with E-state index in [0.717, 1.165) is 0 Å². The zero-order chi connectivity index (χ0) is 15.2. The molecule has 0 aliphatic rings. The molecule has 2 heterocycles. The van der Waals surface area contributed by atoms with E-state index < -0.39 is 17.9 Å². The fourth-order valence-corrected chi connectivity index (χ4v) is 1.91. The van der Waals surface area contributed by atoms with Crippen molar-refractivity contribution in [3.8, 4) is 0 Å². The van der Waals surface area contributed by atoms with Crippen molar-refractivity contribution in [2.24, 2.45) is 0 Å². The van der Waals surface area contributed by atoms with Crippen LogP contribution in [0.15, 0.2) is 30.9 Å². The number of imidazole rings is 1. The van der Waals surface area contributed by atoms with Crippen LogP contribution in [-0.2, 0) is 16.0 Å². The van der Waals surface area contributed by atoms with E-state index in [2.05, 4.69) is 20.3 Å². The molecular formula is C13H13ClN4O3. The van der Waals surface area contributed by atoms with Gasteiger partial charge in [0.25, 0.3) is 5.91 Å². The molecule has 1 atom stereocenters. The van der Waals surface area contributed by atoms with E-state index in [1.165, 1.54) is 31.8 Å². The van der Waals surface area contributed by atoms with Crippen LogP contribution in [0.1, 0.15) is 16.1 Å². The molecule has 7 nitrogen and oxygen atoms in total. The molecule has 0 radical (unpaired) electrons. The molecule has 2 rings (SSSR count). The van der Waals surface area contributed by atoms with Crippen molar-refractivity contribution in [3.05, 3.63) is 47.3 Å². The third-order valence-corrected chi connectivity index (χ3v) is 2.97.